The molecule has 51 heavy (non-hydrogen) atoms. The maximum Gasteiger partial charge on any atom is 0.416 e. The molecule has 0 aromatic heterocycles. The topological polar surface area (TPSA) is 47.1 Å². The van der Waals surface area contributed by atoms with Crippen molar-refractivity contribution >= 4 is 46.6 Å². The minimum atomic E-state index is -5.08. The summed E-state index contributed by atoms with van der Waals surface area (Å²) in [4.78, 5) is 34.9. The summed E-state index contributed by atoms with van der Waals surface area (Å²) >= 11 is 18.6. The Balaban J connectivity index is 1.15. The summed E-state index contributed by atoms with van der Waals surface area (Å²) in [7, 11) is 0. The number of carbonyl (C=O) groups excluding carboxylic acids is 2. The van der Waals surface area contributed by atoms with Crippen LogP contribution >= 0.6 is 34.8 Å². The SMILES string of the molecule is O=C(c1ccccc1Cl)N1CCC(N2CCN(C3CCN(C(=O)c4cc(C(F)(F)F)cc(C(F)(F)F)c4)C(Cc4ccc(Cl)c(Cl)c4)C3)CC2)C1. The molecule has 0 bridgehead atoms. The number of nitrogens with zero attached hydrogens (tertiary/aromatic N) is 4. The Morgan fingerprint density at radius 2 is 1.27 bits per heavy atom. The van der Waals surface area contributed by atoms with Crippen LogP contribution in [0.4, 0.5) is 26.3 Å². The van der Waals surface area contributed by atoms with Crippen LogP contribution in [0.5, 0.6) is 0 Å². The quantitative estimate of drug-likeness (QED) is 0.236. The first-order chi connectivity index (χ1) is 24.1. The molecule has 3 fully saturated rings. The van der Waals surface area contributed by atoms with E-state index in [2.05, 4.69) is 9.80 Å². The molecule has 3 atom stereocenters. The van der Waals surface area contributed by atoms with Crippen molar-refractivity contribution in [1.29, 1.82) is 0 Å². The second-order valence-corrected chi connectivity index (χ2v) is 14.5. The first-order valence-electron chi connectivity index (χ1n) is 16.6. The van der Waals surface area contributed by atoms with Crippen molar-refractivity contribution in [1.82, 2.24) is 19.6 Å². The summed E-state index contributed by atoms with van der Waals surface area (Å²) < 4.78 is 81.9. The molecule has 0 spiro atoms. The van der Waals surface area contributed by atoms with Crippen molar-refractivity contribution in [2.45, 2.75) is 56.2 Å². The molecule has 274 valence electrons. The fraction of sp³-hybridized carbons (Fsp3) is 0.444. The smallest absolute Gasteiger partial charge is 0.337 e. The van der Waals surface area contributed by atoms with E-state index in [0.29, 0.717) is 58.7 Å². The van der Waals surface area contributed by atoms with E-state index in [-0.39, 0.29) is 37.0 Å². The molecule has 0 radical (unpaired) electrons. The summed E-state index contributed by atoms with van der Waals surface area (Å²) in [5.41, 5.74) is -2.52. The molecule has 0 N–H and O–H groups in total. The number of hydrogen-bond acceptors (Lipinski definition) is 4. The van der Waals surface area contributed by atoms with Crippen LogP contribution < -0.4 is 0 Å². The number of carbonyl (C=O) groups is 2. The van der Waals surface area contributed by atoms with Crippen molar-refractivity contribution < 1.29 is 35.9 Å². The van der Waals surface area contributed by atoms with Gasteiger partial charge in [0.1, 0.15) is 0 Å². The third-order valence-electron chi connectivity index (χ3n) is 10.2. The molecule has 3 saturated heterocycles. The number of hydrogen-bond donors (Lipinski definition) is 0. The van der Waals surface area contributed by atoms with Crippen LogP contribution in [-0.2, 0) is 18.8 Å². The van der Waals surface area contributed by atoms with Gasteiger partial charge in [-0.25, -0.2) is 0 Å². The normalized spacial score (nSPS) is 22.4. The summed E-state index contributed by atoms with van der Waals surface area (Å²) in [6.07, 6.45) is -8.08. The highest BCUT2D eigenvalue weighted by atomic mass is 35.5. The second-order valence-electron chi connectivity index (χ2n) is 13.3. The average Bonchev–Trinajstić information content (AvgIpc) is 3.59. The van der Waals surface area contributed by atoms with E-state index in [9.17, 15) is 35.9 Å². The van der Waals surface area contributed by atoms with Crippen LogP contribution in [0.15, 0.2) is 60.7 Å². The van der Waals surface area contributed by atoms with Gasteiger partial charge in [0.05, 0.1) is 31.8 Å². The van der Waals surface area contributed by atoms with Gasteiger partial charge in [-0.3, -0.25) is 19.4 Å². The number of rotatable bonds is 6. The molecule has 15 heteroatoms. The van der Waals surface area contributed by atoms with Crippen LogP contribution in [0.25, 0.3) is 0 Å². The number of piperidine rings is 1. The van der Waals surface area contributed by atoms with Crippen LogP contribution in [0.3, 0.4) is 0 Å². The predicted molar refractivity (Wildman–Crippen MR) is 183 cm³/mol. The van der Waals surface area contributed by atoms with Gasteiger partial charge in [0.25, 0.3) is 11.8 Å². The number of likely N-dealkylation sites (tertiary alicyclic amines) is 2. The van der Waals surface area contributed by atoms with E-state index in [0.717, 1.165) is 38.2 Å². The lowest BCUT2D eigenvalue weighted by molar-refractivity contribution is -0.143. The lowest BCUT2D eigenvalue weighted by Crippen LogP contribution is -2.58. The van der Waals surface area contributed by atoms with Crippen molar-refractivity contribution in [3.63, 3.8) is 0 Å². The zero-order valence-electron chi connectivity index (χ0n) is 27.3. The minimum Gasteiger partial charge on any atom is -0.337 e. The molecule has 6 nitrogen and oxygen atoms in total. The molecule has 6 rings (SSSR count). The van der Waals surface area contributed by atoms with Crippen molar-refractivity contribution in [2.75, 3.05) is 45.8 Å². The Morgan fingerprint density at radius 1 is 0.667 bits per heavy atom. The molecule has 2 amide bonds. The summed E-state index contributed by atoms with van der Waals surface area (Å²) in [6.45, 7) is 4.37. The highest BCUT2D eigenvalue weighted by Gasteiger charge is 2.41. The van der Waals surface area contributed by atoms with Crippen molar-refractivity contribution in [2.24, 2.45) is 0 Å². The third-order valence-corrected chi connectivity index (χ3v) is 11.2. The number of halogens is 9. The molecule has 3 aromatic rings. The molecule has 3 aliphatic heterocycles. The summed E-state index contributed by atoms with van der Waals surface area (Å²) in [6, 6.07) is 12.7. The Bertz CT molecular complexity index is 1730. The first kappa shape index (κ1) is 37.7. The van der Waals surface area contributed by atoms with Gasteiger partial charge in [-0.1, -0.05) is 53.0 Å². The standard InChI is InChI=1S/C36H35Cl3F6N4O2/c37-30-4-2-1-3-29(30)34(51)48-9-7-27(21-48)47-13-11-46(12-14-47)26-8-10-49(28(20-26)15-22-5-6-31(38)32(39)16-22)33(50)23-17-24(35(40,41)42)19-25(18-23)36(43,44)45/h1-6,16-19,26-28H,7-15,20-21H2. The van der Waals surface area contributed by atoms with Gasteiger partial charge < -0.3 is 9.80 Å². The van der Waals surface area contributed by atoms with Crippen molar-refractivity contribution in [3.05, 3.63) is 104 Å². The highest BCUT2D eigenvalue weighted by molar-refractivity contribution is 6.42. The van der Waals surface area contributed by atoms with Crippen LogP contribution in [-0.4, -0.2) is 95.4 Å². The Morgan fingerprint density at radius 3 is 1.88 bits per heavy atom. The number of benzene rings is 3. The molecule has 0 aliphatic carbocycles. The second kappa shape index (κ2) is 15.1. The lowest BCUT2D eigenvalue weighted by atomic mass is 9.90. The molecule has 3 aliphatic rings. The molecule has 0 saturated carbocycles. The molecular formula is C36H35Cl3F6N4O2. The maximum absolute atomic E-state index is 13.8. The van der Waals surface area contributed by atoms with E-state index >= 15 is 0 Å². The van der Waals surface area contributed by atoms with E-state index in [1.165, 1.54) is 4.90 Å². The van der Waals surface area contributed by atoms with Gasteiger partial charge in [-0.2, -0.15) is 26.3 Å². The fourth-order valence-corrected chi connectivity index (χ4v) is 8.04. The molecular weight excluding hydrogens is 741 g/mol. The van der Waals surface area contributed by atoms with Gasteiger partial charge in [0.2, 0.25) is 0 Å². The third kappa shape index (κ3) is 8.62. The Labute approximate surface area is 306 Å². The fourth-order valence-electron chi connectivity index (χ4n) is 7.50. The lowest BCUT2D eigenvalue weighted by Gasteiger charge is -2.47. The number of piperazine rings is 1. The number of alkyl halides is 6. The zero-order chi connectivity index (χ0) is 36.7. The van der Waals surface area contributed by atoms with E-state index < -0.39 is 41.0 Å². The minimum absolute atomic E-state index is 0.0235. The molecule has 3 heterocycles. The average molecular weight is 776 g/mol. The maximum atomic E-state index is 13.8. The molecule has 3 unspecified atom stereocenters. The first-order valence-corrected chi connectivity index (χ1v) is 17.8. The largest absolute Gasteiger partial charge is 0.416 e. The van der Waals surface area contributed by atoms with Crippen LogP contribution in [0.2, 0.25) is 15.1 Å². The Kier molecular flexibility index (Phi) is 11.2. The highest BCUT2D eigenvalue weighted by Crippen LogP contribution is 2.38. The van der Waals surface area contributed by atoms with E-state index in [4.69, 9.17) is 34.8 Å². The summed E-state index contributed by atoms with van der Waals surface area (Å²) in [5, 5.41) is 1.04. The van der Waals surface area contributed by atoms with Crippen LogP contribution in [0, 0.1) is 0 Å². The van der Waals surface area contributed by atoms with Crippen molar-refractivity contribution in [3.8, 4) is 0 Å². The predicted octanol–water partition coefficient (Wildman–Crippen LogP) is 8.43. The van der Waals surface area contributed by atoms with Gasteiger partial charge in [0.15, 0.2) is 0 Å². The van der Waals surface area contributed by atoms with E-state index in [1.54, 1.807) is 42.5 Å². The Hall–Kier alpha value is -3.03. The molecule has 3 aromatic carbocycles. The van der Waals surface area contributed by atoms with Crippen LogP contribution in [0.1, 0.15) is 56.7 Å². The van der Waals surface area contributed by atoms with Gasteiger partial charge in [-0.15, -0.1) is 0 Å². The van der Waals surface area contributed by atoms with Gasteiger partial charge in [-0.05, 0) is 73.7 Å². The number of amides is 2. The monoisotopic (exact) mass is 774 g/mol. The summed E-state index contributed by atoms with van der Waals surface area (Å²) in [5.74, 6) is -0.979. The van der Waals surface area contributed by atoms with Gasteiger partial charge in [0, 0.05) is 69.5 Å². The van der Waals surface area contributed by atoms with E-state index in [1.807, 2.05) is 4.90 Å². The van der Waals surface area contributed by atoms with Gasteiger partial charge >= 0.3 is 12.4 Å². The zero-order valence-corrected chi connectivity index (χ0v) is 29.6.